The molecule has 0 saturated carbocycles. The van der Waals surface area contributed by atoms with Crippen LogP contribution in [-0.2, 0) is 0 Å². The molecule has 0 radical (unpaired) electrons. The smallest absolute Gasteiger partial charge is 0.270 e. The van der Waals surface area contributed by atoms with Crippen molar-refractivity contribution in [1.82, 2.24) is 15.3 Å². The summed E-state index contributed by atoms with van der Waals surface area (Å²) in [5.41, 5.74) is 1.16. The van der Waals surface area contributed by atoms with E-state index in [0.717, 1.165) is 12.1 Å². The molecule has 0 spiro atoms. The van der Waals surface area contributed by atoms with E-state index in [1.165, 1.54) is 0 Å². The van der Waals surface area contributed by atoms with E-state index in [9.17, 15) is 4.79 Å². The highest BCUT2D eigenvalue weighted by Gasteiger charge is 2.10. The van der Waals surface area contributed by atoms with Gasteiger partial charge in [-0.3, -0.25) is 4.79 Å². The lowest BCUT2D eigenvalue weighted by molar-refractivity contribution is 0.0946. The molecule has 23 heavy (non-hydrogen) atoms. The second kappa shape index (κ2) is 7.92. The molecule has 0 atom stereocenters. The third-order valence-corrected chi connectivity index (χ3v) is 3.41. The summed E-state index contributed by atoms with van der Waals surface area (Å²) < 4.78 is 0. The average Bonchev–Trinajstić information content (AvgIpc) is 2.46. The quantitative estimate of drug-likeness (QED) is 0.840. The first kappa shape index (κ1) is 17.2. The van der Waals surface area contributed by atoms with E-state index >= 15 is 0 Å². The predicted molar refractivity (Wildman–Crippen MR) is 93.3 cm³/mol. The Labute approximate surface area is 141 Å². The number of aryl methyl sites for hydroxylation is 1. The molecule has 0 aliphatic rings. The third kappa shape index (κ3) is 5.53. The summed E-state index contributed by atoms with van der Waals surface area (Å²) in [6.07, 6.45) is 0.934. The fourth-order valence-electron chi connectivity index (χ4n) is 2.03. The number of carbonyl (C=O) groups excluding carboxylic acids is 1. The van der Waals surface area contributed by atoms with E-state index in [1.807, 2.05) is 12.1 Å². The Morgan fingerprint density at radius 2 is 2.04 bits per heavy atom. The van der Waals surface area contributed by atoms with Crippen molar-refractivity contribution in [3.63, 3.8) is 0 Å². The van der Waals surface area contributed by atoms with Crippen LogP contribution in [0.1, 0.15) is 36.6 Å². The highest BCUT2D eigenvalue weighted by molar-refractivity contribution is 6.30. The Morgan fingerprint density at radius 3 is 2.74 bits per heavy atom. The van der Waals surface area contributed by atoms with E-state index in [2.05, 4.69) is 34.4 Å². The molecule has 5 nitrogen and oxygen atoms in total. The second-order valence-corrected chi connectivity index (χ2v) is 6.20. The van der Waals surface area contributed by atoms with Gasteiger partial charge in [0.05, 0.1) is 0 Å². The van der Waals surface area contributed by atoms with Gasteiger partial charge in [-0.05, 0) is 37.5 Å². The van der Waals surface area contributed by atoms with Crippen molar-refractivity contribution in [1.29, 1.82) is 0 Å². The van der Waals surface area contributed by atoms with Crippen LogP contribution in [0.4, 0.5) is 11.5 Å². The van der Waals surface area contributed by atoms with Crippen molar-refractivity contribution in [3.8, 4) is 0 Å². The van der Waals surface area contributed by atoms with Gasteiger partial charge >= 0.3 is 0 Å². The molecule has 1 aromatic heterocycles. The Bertz CT molecular complexity index is 688. The zero-order chi connectivity index (χ0) is 16.8. The number of hydrogen-bond donors (Lipinski definition) is 2. The molecule has 0 aliphatic carbocycles. The maximum Gasteiger partial charge on any atom is 0.270 e. The minimum atomic E-state index is -0.190. The van der Waals surface area contributed by atoms with Crippen molar-refractivity contribution in [2.24, 2.45) is 5.92 Å². The molecule has 122 valence electrons. The van der Waals surface area contributed by atoms with Crippen LogP contribution in [0.5, 0.6) is 0 Å². The van der Waals surface area contributed by atoms with Gasteiger partial charge in [-0.15, -0.1) is 0 Å². The molecule has 0 aliphatic heterocycles. The van der Waals surface area contributed by atoms with Gasteiger partial charge < -0.3 is 10.6 Å². The van der Waals surface area contributed by atoms with Crippen LogP contribution >= 0.6 is 11.6 Å². The van der Waals surface area contributed by atoms with Crippen molar-refractivity contribution >= 4 is 29.0 Å². The summed E-state index contributed by atoms with van der Waals surface area (Å²) in [5.74, 6) is 1.45. The molecule has 6 heteroatoms. The number of hydrogen-bond acceptors (Lipinski definition) is 4. The van der Waals surface area contributed by atoms with E-state index in [-0.39, 0.29) is 5.91 Å². The second-order valence-electron chi connectivity index (χ2n) is 5.76. The molecule has 0 saturated heterocycles. The Hall–Kier alpha value is -2.14. The van der Waals surface area contributed by atoms with Crippen molar-refractivity contribution in [2.45, 2.75) is 27.2 Å². The van der Waals surface area contributed by atoms with Crippen LogP contribution in [0.3, 0.4) is 0 Å². The van der Waals surface area contributed by atoms with Gasteiger partial charge in [0.2, 0.25) is 0 Å². The molecule has 1 amide bonds. The van der Waals surface area contributed by atoms with Crippen molar-refractivity contribution in [2.75, 3.05) is 11.9 Å². The van der Waals surface area contributed by atoms with Gasteiger partial charge in [0.25, 0.3) is 5.91 Å². The first-order valence-electron chi connectivity index (χ1n) is 7.60. The minimum absolute atomic E-state index is 0.190. The highest BCUT2D eigenvalue weighted by atomic mass is 35.5. The normalized spacial score (nSPS) is 10.7. The monoisotopic (exact) mass is 332 g/mol. The summed E-state index contributed by atoms with van der Waals surface area (Å²) in [4.78, 5) is 20.7. The lowest BCUT2D eigenvalue weighted by Crippen LogP contribution is -2.26. The van der Waals surface area contributed by atoms with E-state index < -0.39 is 0 Å². The first-order chi connectivity index (χ1) is 10.9. The number of nitrogens with zero attached hydrogens (tertiary/aromatic N) is 2. The zero-order valence-electron chi connectivity index (χ0n) is 13.6. The Morgan fingerprint density at radius 1 is 1.26 bits per heavy atom. The summed E-state index contributed by atoms with van der Waals surface area (Å²) in [6.45, 7) is 6.63. The molecule has 1 heterocycles. The molecular formula is C17H21ClN4O. The number of aromatic nitrogens is 2. The average molecular weight is 333 g/mol. The standard InChI is InChI=1S/C17H21ClN4O/c1-11(2)7-8-19-17(23)15-10-16(21-12(3)20-15)22-14-6-4-5-13(18)9-14/h4-6,9-11H,7-8H2,1-3H3,(H,19,23)(H,20,21,22). The molecule has 0 bridgehead atoms. The Kier molecular flexibility index (Phi) is 5.93. The molecule has 2 rings (SSSR count). The number of halogens is 1. The largest absolute Gasteiger partial charge is 0.351 e. The fraction of sp³-hybridized carbons (Fsp3) is 0.353. The van der Waals surface area contributed by atoms with Crippen LogP contribution in [0.15, 0.2) is 30.3 Å². The lowest BCUT2D eigenvalue weighted by Gasteiger charge is -2.10. The summed E-state index contributed by atoms with van der Waals surface area (Å²) in [6, 6.07) is 8.95. The van der Waals surface area contributed by atoms with E-state index in [0.29, 0.717) is 34.8 Å². The highest BCUT2D eigenvalue weighted by Crippen LogP contribution is 2.19. The number of anilines is 2. The van der Waals surface area contributed by atoms with Crippen molar-refractivity contribution in [3.05, 3.63) is 46.9 Å². The van der Waals surface area contributed by atoms with E-state index in [1.54, 1.807) is 25.1 Å². The Balaban J connectivity index is 2.10. The SMILES string of the molecule is Cc1nc(Nc2cccc(Cl)c2)cc(C(=O)NCCC(C)C)n1. The molecular weight excluding hydrogens is 312 g/mol. The molecule has 2 aromatic rings. The maximum absolute atomic E-state index is 12.2. The molecule has 1 aromatic carbocycles. The topological polar surface area (TPSA) is 66.9 Å². The fourth-order valence-corrected chi connectivity index (χ4v) is 2.22. The number of amides is 1. The van der Waals surface area contributed by atoms with E-state index in [4.69, 9.17) is 11.6 Å². The zero-order valence-corrected chi connectivity index (χ0v) is 14.3. The van der Waals surface area contributed by atoms with Gasteiger partial charge in [-0.25, -0.2) is 9.97 Å². The van der Waals surface area contributed by atoms with Crippen LogP contribution in [0, 0.1) is 12.8 Å². The molecule has 0 fully saturated rings. The molecule has 2 N–H and O–H groups in total. The number of rotatable bonds is 6. The maximum atomic E-state index is 12.2. The number of benzene rings is 1. The summed E-state index contributed by atoms with van der Waals surface area (Å²) in [5, 5.41) is 6.65. The summed E-state index contributed by atoms with van der Waals surface area (Å²) >= 11 is 5.97. The van der Waals surface area contributed by atoms with Gasteiger partial charge in [-0.2, -0.15) is 0 Å². The van der Waals surface area contributed by atoms with Crippen LogP contribution in [0.25, 0.3) is 0 Å². The lowest BCUT2D eigenvalue weighted by atomic mass is 10.1. The number of carbonyl (C=O) groups is 1. The number of nitrogens with one attached hydrogen (secondary N) is 2. The molecule has 0 unspecified atom stereocenters. The van der Waals surface area contributed by atoms with Gasteiger partial charge in [0, 0.05) is 23.3 Å². The van der Waals surface area contributed by atoms with Crippen LogP contribution in [-0.4, -0.2) is 22.4 Å². The van der Waals surface area contributed by atoms with Crippen LogP contribution < -0.4 is 10.6 Å². The first-order valence-corrected chi connectivity index (χ1v) is 7.98. The third-order valence-electron chi connectivity index (χ3n) is 3.17. The van der Waals surface area contributed by atoms with Crippen molar-refractivity contribution < 1.29 is 4.79 Å². The van der Waals surface area contributed by atoms with Crippen LogP contribution in [0.2, 0.25) is 5.02 Å². The predicted octanol–water partition coefficient (Wildman–Crippen LogP) is 3.96. The van der Waals surface area contributed by atoms with Gasteiger partial charge in [-0.1, -0.05) is 31.5 Å². The van der Waals surface area contributed by atoms with Gasteiger partial charge in [0.15, 0.2) is 0 Å². The summed E-state index contributed by atoms with van der Waals surface area (Å²) in [7, 11) is 0. The van der Waals surface area contributed by atoms with Gasteiger partial charge in [0.1, 0.15) is 17.3 Å². The minimum Gasteiger partial charge on any atom is -0.351 e.